The number of aromatic nitrogens is 2. The predicted molar refractivity (Wildman–Crippen MR) is 94.9 cm³/mol. The molecule has 0 saturated heterocycles. The van der Waals surface area contributed by atoms with Gasteiger partial charge < -0.3 is 14.7 Å². The summed E-state index contributed by atoms with van der Waals surface area (Å²) >= 11 is 0. The van der Waals surface area contributed by atoms with Crippen LogP contribution < -0.4 is 0 Å². The number of carboxylic acid groups (broad SMARTS) is 1. The van der Waals surface area contributed by atoms with Crippen molar-refractivity contribution in [2.45, 2.75) is 39.0 Å². The standard InChI is InChI=1S/C19H22FN3O4/c1-3-16(27-2)18(24)22-9-8-15-14(11-22)17(19(25)26)21-23(15)10-12-4-6-13(20)7-5-12/h4-7,16H,3,8-11H2,1-2H3,(H,25,26)/t16-/m0/s1. The summed E-state index contributed by atoms with van der Waals surface area (Å²) in [4.78, 5) is 25.8. The van der Waals surface area contributed by atoms with Gasteiger partial charge in [-0.15, -0.1) is 0 Å². The molecule has 1 atom stereocenters. The molecule has 144 valence electrons. The van der Waals surface area contributed by atoms with Crippen LogP contribution in [-0.2, 0) is 29.0 Å². The monoisotopic (exact) mass is 375 g/mol. The average Bonchev–Trinajstić information content (AvgIpc) is 3.02. The molecule has 2 aromatic rings. The maximum Gasteiger partial charge on any atom is 0.356 e. The van der Waals surface area contributed by atoms with Crippen molar-refractivity contribution in [3.05, 3.63) is 52.6 Å². The number of rotatable bonds is 6. The predicted octanol–water partition coefficient (Wildman–Crippen LogP) is 2.08. The number of carbonyl (C=O) groups is 2. The van der Waals surface area contributed by atoms with Crippen molar-refractivity contribution >= 4 is 11.9 Å². The van der Waals surface area contributed by atoms with Crippen LogP contribution in [0, 0.1) is 5.82 Å². The number of methoxy groups -OCH3 is 1. The lowest BCUT2D eigenvalue weighted by Gasteiger charge is -2.30. The van der Waals surface area contributed by atoms with Crippen LogP contribution in [0.15, 0.2) is 24.3 Å². The number of carbonyl (C=O) groups excluding carboxylic acids is 1. The molecule has 1 amide bonds. The fraction of sp³-hybridized carbons (Fsp3) is 0.421. The molecule has 0 aliphatic carbocycles. The Balaban J connectivity index is 1.89. The van der Waals surface area contributed by atoms with Crippen LogP contribution in [0.1, 0.15) is 40.7 Å². The van der Waals surface area contributed by atoms with E-state index in [0.717, 1.165) is 11.3 Å². The highest BCUT2D eigenvalue weighted by Crippen LogP contribution is 2.25. The number of benzene rings is 1. The second-order valence-electron chi connectivity index (χ2n) is 6.51. The lowest BCUT2D eigenvalue weighted by atomic mass is 10.0. The lowest BCUT2D eigenvalue weighted by Crippen LogP contribution is -2.43. The summed E-state index contributed by atoms with van der Waals surface area (Å²) in [5.41, 5.74) is 2.12. The van der Waals surface area contributed by atoms with Gasteiger partial charge in [0, 0.05) is 37.9 Å². The van der Waals surface area contributed by atoms with Crippen molar-refractivity contribution < 1.29 is 23.8 Å². The van der Waals surface area contributed by atoms with Gasteiger partial charge in [0.15, 0.2) is 5.69 Å². The number of hydrogen-bond donors (Lipinski definition) is 1. The SMILES string of the molecule is CC[C@H](OC)C(=O)N1CCc2c(c(C(=O)O)nn2Cc2ccc(F)cc2)C1. The van der Waals surface area contributed by atoms with Crippen LogP contribution >= 0.6 is 0 Å². The molecule has 8 heteroatoms. The first-order valence-corrected chi connectivity index (χ1v) is 8.82. The maximum atomic E-state index is 13.1. The normalized spacial score (nSPS) is 14.7. The molecule has 3 rings (SSSR count). The van der Waals surface area contributed by atoms with E-state index in [4.69, 9.17) is 4.74 Å². The molecule has 2 heterocycles. The molecule has 1 aromatic carbocycles. The molecule has 0 spiro atoms. The molecule has 1 N–H and O–H groups in total. The van der Waals surface area contributed by atoms with E-state index in [-0.39, 0.29) is 24.0 Å². The van der Waals surface area contributed by atoms with Gasteiger partial charge in [0.05, 0.1) is 6.54 Å². The van der Waals surface area contributed by atoms with Gasteiger partial charge in [0.25, 0.3) is 5.91 Å². The van der Waals surface area contributed by atoms with E-state index < -0.39 is 12.1 Å². The Morgan fingerprint density at radius 1 is 1.33 bits per heavy atom. The third-order valence-corrected chi connectivity index (χ3v) is 4.82. The first-order chi connectivity index (χ1) is 12.9. The van der Waals surface area contributed by atoms with Crippen molar-refractivity contribution in [1.82, 2.24) is 14.7 Å². The molecule has 7 nitrogen and oxygen atoms in total. The van der Waals surface area contributed by atoms with Crippen molar-refractivity contribution in [2.24, 2.45) is 0 Å². The average molecular weight is 375 g/mol. The van der Waals surface area contributed by atoms with Crippen LogP contribution in [0.25, 0.3) is 0 Å². The van der Waals surface area contributed by atoms with Crippen LogP contribution in [0.3, 0.4) is 0 Å². The number of amides is 1. The van der Waals surface area contributed by atoms with Crippen molar-refractivity contribution in [3.63, 3.8) is 0 Å². The number of fused-ring (bicyclic) bond motifs is 1. The number of nitrogens with zero attached hydrogens (tertiary/aromatic N) is 3. The minimum absolute atomic E-state index is 0.0462. The van der Waals surface area contributed by atoms with Crippen LogP contribution in [-0.4, -0.2) is 51.4 Å². The molecule has 0 saturated carbocycles. The zero-order valence-electron chi connectivity index (χ0n) is 15.3. The fourth-order valence-electron chi connectivity index (χ4n) is 3.39. The summed E-state index contributed by atoms with van der Waals surface area (Å²) in [6, 6.07) is 6.01. The van der Waals surface area contributed by atoms with E-state index in [9.17, 15) is 19.1 Å². The second-order valence-corrected chi connectivity index (χ2v) is 6.51. The molecule has 0 radical (unpaired) electrons. The smallest absolute Gasteiger partial charge is 0.356 e. The van der Waals surface area contributed by atoms with Crippen LogP contribution in [0.4, 0.5) is 4.39 Å². The zero-order chi connectivity index (χ0) is 19.6. The molecular formula is C19H22FN3O4. The van der Waals surface area contributed by atoms with E-state index in [1.54, 1.807) is 21.7 Å². The Bertz CT molecular complexity index is 843. The topological polar surface area (TPSA) is 84.7 Å². The third kappa shape index (κ3) is 3.85. The first kappa shape index (κ1) is 19.0. The highest BCUT2D eigenvalue weighted by Gasteiger charge is 2.32. The van der Waals surface area contributed by atoms with Crippen LogP contribution in [0.2, 0.25) is 0 Å². The molecule has 1 aromatic heterocycles. The van der Waals surface area contributed by atoms with Crippen molar-refractivity contribution in [3.8, 4) is 0 Å². The maximum absolute atomic E-state index is 13.1. The summed E-state index contributed by atoms with van der Waals surface area (Å²) in [6.45, 7) is 2.88. The first-order valence-electron chi connectivity index (χ1n) is 8.82. The third-order valence-electron chi connectivity index (χ3n) is 4.82. The number of carboxylic acids is 1. The lowest BCUT2D eigenvalue weighted by molar-refractivity contribution is -0.143. The second kappa shape index (κ2) is 7.87. The van der Waals surface area contributed by atoms with Gasteiger partial charge in [-0.3, -0.25) is 9.48 Å². The van der Waals surface area contributed by atoms with Crippen LogP contribution in [0.5, 0.6) is 0 Å². The van der Waals surface area contributed by atoms with E-state index in [1.165, 1.54) is 19.2 Å². The number of halogens is 1. The molecule has 0 fully saturated rings. The Morgan fingerprint density at radius 2 is 2.04 bits per heavy atom. The Hall–Kier alpha value is -2.74. The Morgan fingerprint density at radius 3 is 2.63 bits per heavy atom. The summed E-state index contributed by atoms with van der Waals surface area (Å²) in [5, 5.41) is 13.8. The Labute approximate surface area is 156 Å². The summed E-state index contributed by atoms with van der Waals surface area (Å²) in [5.74, 6) is -1.60. The summed E-state index contributed by atoms with van der Waals surface area (Å²) < 4.78 is 20.0. The molecular weight excluding hydrogens is 353 g/mol. The zero-order valence-corrected chi connectivity index (χ0v) is 15.3. The van der Waals surface area contributed by atoms with E-state index in [2.05, 4.69) is 5.10 Å². The largest absolute Gasteiger partial charge is 0.476 e. The highest BCUT2D eigenvalue weighted by molar-refractivity contribution is 5.88. The van der Waals surface area contributed by atoms with Crippen molar-refractivity contribution in [1.29, 1.82) is 0 Å². The van der Waals surface area contributed by atoms with Gasteiger partial charge in [-0.1, -0.05) is 19.1 Å². The fourth-order valence-corrected chi connectivity index (χ4v) is 3.39. The summed E-state index contributed by atoms with van der Waals surface area (Å²) in [7, 11) is 1.49. The number of aromatic carboxylic acids is 1. The minimum atomic E-state index is -1.13. The van der Waals surface area contributed by atoms with Gasteiger partial charge in [0.1, 0.15) is 11.9 Å². The molecule has 1 aliphatic rings. The molecule has 1 aliphatic heterocycles. The molecule has 0 unspecified atom stereocenters. The molecule has 27 heavy (non-hydrogen) atoms. The number of hydrogen-bond acceptors (Lipinski definition) is 4. The van der Waals surface area contributed by atoms with Gasteiger partial charge in [-0.25, -0.2) is 9.18 Å². The van der Waals surface area contributed by atoms with Gasteiger partial charge in [-0.2, -0.15) is 5.10 Å². The quantitative estimate of drug-likeness (QED) is 0.836. The van der Waals surface area contributed by atoms with Gasteiger partial charge in [-0.05, 0) is 24.1 Å². The summed E-state index contributed by atoms with van der Waals surface area (Å²) in [6.07, 6.45) is 0.519. The highest BCUT2D eigenvalue weighted by atomic mass is 19.1. The van der Waals surface area contributed by atoms with Crippen molar-refractivity contribution in [2.75, 3.05) is 13.7 Å². The minimum Gasteiger partial charge on any atom is -0.476 e. The molecule has 0 bridgehead atoms. The van der Waals surface area contributed by atoms with E-state index >= 15 is 0 Å². The van der Waals surface area contributed by atoms with E-state index in [0.29, 0.717) is 31.5 Å². The van der Waals surface area contributed by atoms with Gasteiger partial charge >= 0.3 is 5.97 Å². The number of ether oxygens (including phenoxy) is 1. The Kier molecular flexibility index (Phi) is 5.55. The van der Waals surface area contributed by atoms with E-state index in [1.807, 2.05) is 6.92 Å². The van der Waals surface area contributed by atoms with Gasteiger partial charge in [0.2, 0.25) is 0 Å².